The van der Waals surface area contributed by atoms with Crippen molar-refractivity contribution in [1.29, 1.82) is 0 Å². The molecule has 2 aliphatic rings. The highest BCUT2D eigenvalue weighted by Gasteiger charge is 2.36. The summed E-state index contributed by atoms with van der Waals surface area (Å²) in [6.07, 6.45) is 3.14. The molecule has 1 aliphatic heterocycles. The number of carbonyl (C=O) groups excluding carboxylic acids is 1. The number of hydrogen-bond acceptors (Lipinski definition) is 4. The Morgan fingerprint density at radius 1 is 1.53 bits per heavy atom. The number of allylic oxidation sites excluding steroid dienone is 1. The molecule has 2 atom stereocenters. The van der Waals surface area contributed by atoms with Crippen LogP contribution < -0.4 is 5.32 Å². The summed E-state index contributed by atoms with van der Waals surface area (Å²) in [5, 5.41) is 12.7. The monoisotopic (exact) mass is 211 g/mol. The van der Waals surface area contributed by atoms with E-state index in [0.29, 0.717) is 0 Å². The molecule has 7 heteroatoms. The minimum absolute atomic E-state index is 0.418. The van der Waals surface area contributed by atoms with E-state index in [2.05, 4.69) is 10.3 Å². The molecule has 0 saturated carbocycles. The first-order valence-corrected chi connectivity index (χ1v) is 4.15. The molecule has 1 N–H and O–H groups in total. The number of nitrogens with zero attached hydrogens (tertiary/aromatic N) is 2. The van der Waals surface area contributed by atoms with Gasteiger partial charge in [0.1, 0.15) is 0 Å². The zero-order valence-electron chi connectivity index (χ0n) is 7.38. The van der Waals surface area contributed by atoms with Gasteiger partial charge in [-0.2, -0.15) is 4.39 Å². The summed E-state index contributed by atoms with van der Waals surface area (Å²) in [7, 11) is 0. The van der Waals surface area contributed by atoms with Gasteiger partial charge >= 0.3 is 5.70 Å². The van der Waals surface area contributed by atoms with Gasteiger partial charge in [-0.05, 0) is 6.08 Å². The molecule has 1 aliphatic carbocycles. The van der Waals surface area contributed by atoms with Crippen molar-refractivity contribution in [2.24, 2.45) is 10.9 Å². The summed E-state index contributed by atoms with van der Waals surface area (Å²) in [5.41, 5.74) is -0.677. The van der Waals surface area contributed by atoms with Crippen molar-refractivity contribution in [3.8, 4) is 0 Å². The molecule has 0 aromatic rings. The SMILES string of the molecule is O=C1NC=NC2C=C(F)C([N+](=O)[O-])=CC12. The molecule has 0 aromatic heterocycles. The highest BCUT2D eigenvalue weighted by atomic mass is 19.1. The molecule has 1 heterocycles. The number of rotatable bonds is 1. The molecule has 15 heavy (non-hydrogen) atoms. The van der Waals surface area contributed by atoms with Crippen LogP contribution in [0.5, 0.6) is 0 Å². The van der Waals surface area contributed by atoms with Gasteiger partial charge in [-0.15, -0.1) is 0 Å². The molecule has 6 nitrogen and oxygen atoms in total. The summed E-state index contributed by atoms with van der Waals surface area (Å²) >= 11 is 0. The summed E-state index contributed by atoms with van der Waals surface area (Å²) in [6.45, 7) is 0. The van der Waals surface area contributed by atoms with Gasteiger partial charge in [0.15, 0.2) is 5.83 Å². The summed E-state index contributed by atoms with van der Waals surface area (Å²) in [4.78, 5) is 24.7. The van der Waals surface area contributed by atoms with E-state index in [1.165, 1.54) is 0 Å². The molecule has 0 spiro atoms. The van der Waals surface area contributed by atoms with E-state index in [1.807, 2.05) is 0 Å². The van der Waals surface area contributed by atoms with Crippen molar-refractivity contribution < 1.29 is 14.1 Å². The second kappa shape index (κ2) is 3.26. The largest absolute Gasteiger partial charge is 0.317 e. The first-order chi connectivity index (χ1) is 7.09. The number of fused-ring (bicyclic) bond motifs is 1. The number of aliphatic imine (C=N–C) groups is 1. The maximum atomic E-state index is 13.1. The molecule has 0 saturated heterocycles. The van der Waals surface area contributed by atoms with Crippen LogP contribution in [0.25, 0.3) is 0 Å². The van der Waals surface area contributed by atoms with Crippen molar-refractivity contribution in [2.75, 3.05) is 0 Å². The second-order valence-electron chi connectivity index (χ2n) is 3.13. The van der Waals surface area contributed by atoms with Gasteiger partial charge in [-0.25, -0.2) is 0 Å². The first-order valence-electron chi connectivity index (χ1n) is 4.15. The maximum Gasteiger partial charge on any atom is 0.301 e. The molecule has 0 fully saturated rings. The van der Waals surface area contributed by atoms with E-state index < -0.39 is 34.3 Å². The highest BCUT2D eigenvalue weighted by molar-refractivity contribution is 5.93. The van der Waals surface area contributed by atoms with Crippen LogP contribution in [0.1, 0.15) is 0 Å². The summed E-state index contributed by atoms with van der Waals surface area (Å²) in [5.74, 6) is -2.17. The lowest BCUT2D eigenvalue weighted by atomic mass is 9.92. The van der Waals surface area contributed by atoms with E-state index in [0.717, 1.165) is 18.5 Å². The molecular weight excluding hydrogens is 205 g/mol. The first kappa shape index (κ1) is 9.50. The molecule has 2 unspecified atom stereocenters. The van der Waals surface area contributed by atoms with Crippen LogP contribution in [0, 0.1) is 16.0 Å². The summed E-state index contributed by atoms with van der Waals surface area (Å²) in [6, 6.07) is -0.678. The lowest BCUT2D eigenvalue weighted by Crippen LogP contribution is -2.41. The van der Waals surface area contributed by atoms with Gasteiger partial charge in [-0.3, -0.25) is 19.9 Å². The standard InChI is InChI=1S/C8H6FN3O3/c9-5-2-6-4(1-7(5)12(14)15)8(13)11-3-10-6/h1-4,6H,(H,10,11,13). The molecule has 2 rings (SSSR count). The Balaban J connectivity index is 2.41. The Labute approximate surface area is 83.3 Å². The number of nitrogens with one attached hydrogen (secondary N) is 1. The van der Waals surface area contributed by atoms with Gasteiger partial charge in [0.2, 0.25) is 5.91 Å². The van der Waals surface area contributed by atoms with Gasteiger partial charge in [0.05, 0.1) is 23.2 Å². The molecule has 0 radical (unpaired) electrons. The third-order valence-corrected chi connectivity index (χ3v) is 2.22. The average Bonchev–Trinajstić information content (AvgIpc) is 2.16. The van der Waals surface area contributed by atoms with Gasteiger partial charge < -0.3 is 5.32 Å². The van der Waals surface area contributed by atoms with Crippen molar-refractivity contribution >= 4 is 12.2 Å². The van der Waals surface area contributed by atoms with Gasteiger partial charge in [0, 0.05) is 6.08 Å². The fourth-order valence-corrected chi connectivity index (χ4v) is 1.49. The van der Waals surface area contributed by atoms with Crippen molar-refractivity contribution in [1.82, 2.24) is 5.32 Å². The Morgan fingerprint density at radius 2 is 2.27 bits per heavy atom. The molecule has 0 bridgehead atoms. The number of halogens is 1. The van der Waals surface area contributed by atoms with E-state index in [-0.39, 0.29) is 0 Å². The van der Waals surface area contributed by atoms with E-state index in [4.69, 9.17) is 0 Å². The van der Waals surface area contributed by atoms with Crippen molar-refractivity contribution in [3.63, 3.8) is 0 Å². The zero-order chi connectivity index (χ0) is 11.0. The van der Waals surface area contributed by atoms with E-state index >= 15 is 0 Å². The summed E-state index contributed by atoms with van der Waals surface area (Å²) < 4.78 is 13.1. The topological polar surface area (TPSA) is 84.6 Å². The van der Waals surface area contributed by atoms with Crippen molar-refractivity contribution in [3.05, 3.63) is 33.8 Å². The van der Waals surface area contributed by atoms with Crippen LogP contribution in [0.4, 0.5) is 4.39 Å². The number of hydrogen-bond donors (Lipinski definition) is 1. The van der Waals surface area contributed by atoms with Gasteiger partial charge in [-0.1, -0.05) is 0 Å². The third kappa shape index (κ3) is 1.51. The van der Waals surface area contributed by atoms with Crippen LogP contribution in [-0.4, -0.2) is 23.2 Å². The number of nitro groups is 1. The predicted octanol–water partition coefficient (Wildman–Crippen LogP) is 0.157. The average molecular weight is 211 g/mol. The van der Waals surface area contributed by atoms with Crippen molar-refractivity contribution in [2.45, 2.75) is 6.04 Å². The normalized spacial score (nSPS) is 28.7. The minimum atomic E-state index is -0.951. The maximum absolute atomic E-state index is 13.1. The van der Waals surface area contributed by atoms with E-state index in [1.54, 1.807) is 0 Å². The lowest BCUT2D eigenvalue weighted by Gasteiger charge is -2.23. The van der Waals surface area contributed by atoms with E-state index in [9.17, 15) is 19.3 Å². The molecule has 1 amide bonds. The second-order valence-corrected chi connectivity index (χ2v) is 3.13. The lowest BCUT2D eigenvalue weighted by molar-refractivity contribution is -0.423. The molecule has 0 aromatic carbocycles. The quantitative estimate of drug-likeness (QED) is 0.495. The number of carbonyl (C=O) groups is 1. The smallest absolute Gasteiger partial charge is 0.301 e. The van der Waals surface area contributed by atoms with Crippen LogP contribution in [-0.2, 0) is 4.79 Å². The highest BCUT2D eigenvalue weighted by Crippen LogP contribution is 2.27. The fourth-order valence-electron chi connectivity index (χ4n) is 1.49. The van der Waals surface area contributed by atoms with Crippen LogP contribution >= 0.6 is 0 Å². The number of amides is 1. The predicted molar refractivity (Wildman–Crippen MR) is 48.2 cm³/mol. The Hall–Kier alpha value is -2.05. The third-order valence-electron chi connectivity index (χ3n) is 2.22. The molecular formula is C8H6FN3O3. The van der Waals surface area contributed by atoms with Crippen LogP contribution in [0.15, 0.2) is 28.7 Å². The Morgan fingerprint density at radius 3 is 2.93 bits per heavy atom. The zero-order valence-corrected chi connectivity index (χ0v) is 7.38. The Kier molecular flexibility index (Phi) is 2.07. The Bertz CT molecular complexity index is 427. The fraction of sp³-hybridized carbons (Fsp3) is 0.250. The minimum Gasteiger partial charge on any atom is -0.317 e. The van der Waals surface area contributed by atoms with Gasteiger partial charge in [0.25, 0.3) is 0 Å². The molecule has 78 valence electrons. The van der Waals surface area contributed by atoms with Crippen LogP contribution in [0.2, 0.25) is 0 Å². The van der Waals surface area contributed by atoms with Crippen LogP contribution in [0.3, 0.4) is 0 Å².